The topological polar surface area (TPSA) is 69.9 Å². The van der Waals surface area contributed by atoms with Crippen molar-refractivity contribution in [2.24, 2.45) is 11.1 Å². The number of aromatic hydroxyl groups is 2. The highest BCUT2D eigenvalue weighted by molar-refractivity contribution is 5.45. The SMILES string of the molecule is CC(c1ccc(O)cc1)(c1ccc(O)cc1)C1C=CC(N=O)=CC1. The number of rotatable bonds is 4. The van der Waals surface area contributed by atoms with Gasteiger partial charge in [-0.1, -0.05) is 43.3 Å². The van der Waals surface area contributed by atoms with E-state index in [2.05, 4.69) is 12.1 Å². The number of hydrogen-bond acceptors (Lipinski definition) is 4. The van der Waals surface area contributed by atoms with Crippen molar-refractivity contribution < 1.29 is 10.2 Å². The van der Waals surface area contributed by atoms with Gasteiger partial charge in [-0.25, -0.2) is 0 Å². The van der Waals surface area contributed by atoms with E-state index in [0.717, 1.165) is 11.1 Å². The third kappa shape index (κ3) is 2.83. The van der Waals surface area contributed by atoms with Crippen molar-refractivity contribution in [1.29, 1.82) is 0 Å². The molecule has 122 valence electrons. The average Bonchev–Trinajstić information content (AvgIpc) is 2.62. The van der Waals surface area contributed by atoms with Gasteiger partial charge >= 0.3 is 0 Å². The molecule has 0 fully saturated rings. The number of hydrogen-bond donors (Lipinski definition) is 2. The zero-order valence-electron chi connectivity index (χ0n) is 13.4. The van der Waals surface area contributed by atoms with Crippen LogP contribution in [0.1, 0.15) is 24.5 Å². The third-order valence-corrected chi connectivity index (χ3v) is 4.86. The molecule has 2 aromatic carbocycles. The Hall–Kier alpha value is -2.88. The van der Waals surface area contributed by atoms with E-state index in [0.29, 0.717) is 12.1 Å². The van der Waals surface area contributed by atoms with E-state index < -0.39 is 0 Å². The fourth-order valence-electron chi connectivity index (χ4n) is 3.32. The minimum absolute atomic E-state index is 0.122. The minimum atomic E-state index is -0.372. The van der Waals surface area contributed by atoms with Crippen LogP contribution in [0.15, 0.2) is 77.6 Å². The molecular weight excluding hydrogens is 302 g/mol. The number of phenols is 2. The molecule has 0 radical (unpaired) electrons. The molecule has 0 amide bonds. The third-order valence-electron chi connectivity index (χ3n) is 4.86. The summed E-state index contributed by atoms with van der Waals surface area (Å²) in [6, 6.07) is 14.3. The molecule has 24 heavy (non-hydrogen) atoms. The Labute approximate surface area is 140 Å². The Morgan fingerprint density at radius 1 is 0.958 bits per heavy atom. The second-order valence-electron chi connectivity index (χ2n) is 6.22. The summed E-state index contributed by atoms with van der Waals surface area (Å²) < 4.78 is 0. The van der Waals surface area contributed by atoms with Crippen LogP contribution in [0.25, 0.3) is 0 Å². The van der Waals surface area contributed by atoms with Gasteiger partial charge in [0, 0.05) is 5.41 Å². The molecule has 1 unspecified atom stereocenters. The van der Waals surface area contributed by atoms with Gasteiger partial charge in [-0.05, 0) is 59.0 Å². The van der Waals surface area contributed by atoms with E-state index in [4.69, 9.17) is 0 Å². The van der Waals surface area contributed by atoms with Gasteiger partial charge in [0.2, 0.25) is 0 Å². The lowest BCUT2D eigenvalue weighted by atomic mass is 9.65. The summed E-state index contributed by atoms with van der Waals surface area (Å²) in [5.74, 6) is 0.564. The maximum Gasteiger partial charge on any atom is 0.115 e. The maximum absolute atomic E-state index is 10.7. The molecular formula is C20H19NO3. The maximum atomic E-state index is 10.7. The molecule has 3 rings (SSSR count). The number of phenolic OH excluding ortho intramolecular Hbond substituents is 2. The second kappa shape index (κ2) is 6.32. The molecule has 0 aliphatic heterocycles. The zero-order valence-corrected chi connectivity index (χ0v) is 13.4. The summed E-state index contributed by atoms with van der Waals surface area (Å²) in [5, 5.41) is 22.2. The van der Waals surface area contributed by atoms with Crippen LogP contribution in [0, 0.1) is 10.8 Å². The largest absolute Gasteiger partial charge is 0.508 e. The molecule has 0 heterocycles. The summed E-state index contributed by atoms with van der Waals surface area (Å²) in [6.07, 6.45) is 6.29. The van der Waals surface area contributed by atoms with E-state index >= 15 is 0 Å². The molecule has 0 bridgehead atoms. The number of allylic oxidation sites excluding steroid dienone is 3. The number of nitroso groups, excluding NO2 is 1. The highest BCUT2D eigenvalue weighted by Gasteiger charge is 2.36. The van der Waals surface area contributed by atoms with E-state index in [9.17, 15) is 15.1 Å². The van der Waals surface area contributed by atoms with Gasteiger partial charge in [0.15, 0.2) is 0 Å². The van der Waals surface area contributed by atoms with Gasteiger partial charge in [-0.15, -0.1) is 4.91 Å². The van der Waals surface area contributed by atoms with Crippen LogP contribution in [-0.4, -0.2) is 10.2 Å². The highest BCUT2D eigenvalue weighted by Crippen LogP contribution is 2.43. The molecule has 0 spiro atoms. The van der Waals surface area contributed by atoms with Crippen LogP contribution >= 0.6 is 0 Å². The van der Waals surface area contributed by atoms with E-state index in [1.807, 2.05) is 36.4 Å². The standard InChI is InChI=1S/C20H19NO3/c1-20(15-4-10-18(22)11-5-15,16-6-12-19(23)13-7-16)14-2-8-17(21-24)9-3-14/h2,4-14,22-23H,3H2,1H3. The van der Waals surface area contributed by atoms with Crippen molar-refractivity contribution in [2.75, 3.05) is 0 Å². The normalized spacial score (nSPS) is 17.4. The summed E-state index contributed by atoms with van der Waals surface area (Å²) in [6.45, 7) is 2.13. The molecule has 1 aliphatic rings. The van der Waals surface area contributed by atoms with Gasteiger partial charge in [0.1, 0.15) is 17.2 Å². The van der Waals surface area contributed by atoms with Gasteiger partial charge in [-0.3, -0.25) is 0 Å². The number of benzene rings is 2. The van der Waals surface area contributed by atoms with Crippen LogP contribution in [0.4, 0.5) is 0 Å². The Morgan fingerprint density at radius 2 is 1.46 bits per heavy atom. The second-order valence-corrected chi connectivity index (χ2v) is 6.22. The van der Waals surface area contributed by atoms with Crippen LogP contribution < -0.4 is 0 Å². The number of nitrogens with zero attached hydrogens (tertiary/aromatic N) is 1. The van der Waals surface area contributed by atoms with Gasteiger partial charge < -0.3 is 10.2 Å². The lowest BCUT2D eigenvalue weighted by Gasteiger charge is -2.38. The summed E-state index contributed by atoms with van der Waals surface area (Å²) in [7, 11) is 0. The predicted octanol–water partition coefficient (Wildman–Crippen LogP) is 4.63. The van der Waals surface area contributed by atoms with E-state index in [1.54, 1.807) is 30.3 Å². The zero-order chi connectivity index (χ0) is 17.2. The fourth-order valence-corrected chi connectivity index (χ4v) is 3.32. The monoisotopic (exact) mass is 321 g/mol. The first-order valence-electron chi connectivity index (χ1n) is 7.85. The Balaban J connectivity index is 2.09. The van der Waals surface area contributed by atoms with Crippen LogP contribution in [0.3, 0.4) is 0 Å². The molecule has 0 saturated carbocycles. The van der Waals surface area contributed by atoms with E-state index in [1.165, 1.54) is 0 Å². The molecule has 4 heteroatoms. The lowest BCUT2D eigenvalue weighted by molar-refractivity contribution is 0.411. The van der Waals surface area contributed by atoms with E-state index in [-0.39, 0.29) is 22.8 Å². The highest BCUT2D eigenvalue weighted by atomic mass is 16.3. The average molecular weight is 321 g/mol. The van der Waals surface area contributed by atoms with Gasteiger partial charge in [0.05, 0.1) is 0 Å². The first-order valence-corrected chi connectivity index (χ1v) is 7.85. The summed E-state index contributed by atoms with van der Waals surface area (Å²) in [5.41, 5.74) is 2.18. The lowest BCUT2D eigenvalue weighted by Crippen LogP contribution is -2.33. The van der Waals surface area contributed by atoms with Crippen molar-refractivity contribution in [3.8, 4) is 11.5 Å². The molecule has 2 aromatic rings. The fraction of sp³-hybridized carbons (Fsp3) is 0.200. The Bertz CT molecular complexity index is 743. The van der Waals surface area contributed by atoms with Crippen molar-refractivity contribution in [1.82, 2.24) is 0 Å². The molecule has 1 aliphatic carbocycles. The first kappa shape index (κ1) is 16.0. The molecule has 2 N–H and O–H groups in total. The quantitative estimate of drug-likeness (QED) is 0.807. The molecule has 0 saturated heterocycles. The van der Waals surface area contributed by atoms with Crippen LogP contribution in [0.5, 0.6) is 11.5 Å². The molecule has 4 nitrogen and oxygen atoms in total. The van der Waals surface area contributed by atoms with Crippen molar-refractivity contribution in [3.05, 3.63) is 88.5 Å². The molecule has 1 atom stereocenters. The van der Waals surface area contributed by atoms with Gasteiger partial charge in [0.25, 0.3) is 0 Å². The van der Waals surface area contributed by atoms with Crippen LogP contribution in [0.2, 0.25) is 0 Å². The van der Waals surface area contributed by atoms with Crippen molar-refractivity contribution in [3.63, 3.8) is 0 Å². The van der Waals surface area contributed by atoms with Crippen molar-refractivity contribution in [2.45, 2.75) is 18.8 Å². The van der Waals surface area contributed by atoms with Crippen molar-refractivity contribution >= 4 is 0 Å². The van der Waals surface area contributed by atoms with Crippen LogP contribution in [-0.2, 0) is 5.41 Å². The Kier molecular flexibility index (Phi) is 4.21. The van der Waals surface area contributed by atoms with Gasteiger partial charge in [-0.2, -0.15) is 0 Å². The smallest absolute Gasteiger partial charge is 0.115 e. The summed E-state index contributed by atoms with van der Waals surface area (Å²) in [4.78, 5) is 10.7. The molecule has 0 aromatic heterocycles. The predicted molar refractivity (Wildman–Crippen MR) is 93.8 cm³/mol. The Morgan fingerprint density at radius 3 is 1.83 bits per heavy atom. The first-order chi connectivity index (χ1) is 11.5. The minimum Gasteiger partial charge on any atom is -0.508 e. The summed E-state index contributed by atoms with van der Waals surface area (Å²) >= 11 is 0.